The zero-order valence-corrected chi connectivity index (χ0v) is 20.2. The topological polar surface area (TPSA) is 71.8 Å². The second-order valence-corrected chi connectivity index (χ2v) is 10.3. The molecule has 0 radical (unpaired) electrons. The van der Waals surface area contributed by atoms with E-state index in [-0.39, 0.29) is 10.8 Å². The molecule has 2 aliphatic rings. The summed E-state index contributed by atoms with van der Waals surface area (Å²) in [4.78, 5) is 15.7. The predicted octanol–water partition coefficient (Wildman–Crippen LogP) is 5.74. The molecule has 2 saturated heterocycles. The van der Waals surface area contributed by atoms with Gasteiger partial charge in [-0.25, -0.2) is 9.97 Å². The Morgan fingerprint density at radius 3 is 2.45 bits per heavy atom. The third kappa shape index (κ3) is 4.13. The molecule has 1 N–H and O–H groups in total. The first kappa shape index (κ1) is 24.6. The molecule has 196 valence electrons. The van der Waals surface area contributed by atoms with E-state index in [1.807, 2.05) is 17.0 Å². The molecular formula is C27H23F5N6. The van der Waals surface area contributed by atoms with Gasteiger partial charge in [0.2, 0.25) is 0 Å². The Morgan fingerprint density at radius 2 is 1.74 bits per heavy atom. The number of rotatable bonds is 4. The maximum absolute atomic E-state index is 14.0. The predicted molar refractivity (Wildman–Crippen MR) is 132 cm³/mol. The number of alkyl halides is 5. The van der Waals surface area contributed by atoms with Crippen molar-refractivity contribution in [2.45, 2.75) is 31.5 Å². The number of nitriles is 1. The van der Waals surface area contributed by atoms with Crippen LogP contribution in [0, 0.1) is 16.7 Å². The maximum atomic E-state index is 14.0. The number of likely N-dealkylation sites (tertiary alicyclic amines) is 1. The molecule has 0 saturated carbocycles. The molecule has 6 nitrogen and oxygen atoms in total. The highest BCUT2D eigenvalue weighted by Crippen LogP contribution is 2.47. The summed E-state index contributed by atoms with van der Waals surface area (Å²) in [6.45, 7) is 3.93. The van der Waals surface area contributed by atoms with Gasteiger partial charge in [-0.05, 0) is 61.8 Å². The van der Waals surface area contributed by atoms with Gasteiger partial charge in [0.15, 0.2) is 0 Å². The molecule has 2 aromatic heterocycles. The Bertz CT molecular complexity index is 1550. The van der Waals surface area contributed by atoms with Crippen molar-refractivity contribution in [1.82, 2.24) is 19.9 Å². The lowest BCUT2D eigenvalue weighted by Gasteiger charge is -2.54. The van der Waals surface area contributed by atoms with Crippen molar-refractivity contribution in [1.29, 1.82) is 5.26 Å². The molecule has 0 amide bonds. The summed E-state index contributed by atoms with van der Waals surface area (Å²) in [7, 11) is 0. The number of benzene rings is 2. The molecular weight excluding hydrogens is 503 g/mol. The van der Waals surface area contributed by atoms with Crippen molar-refractivity contribution >= 4 is 27.6 Å². The standard InChI is InChI=1S/C27H23F5N6/c28-26(29,27(30,31)32)19-2-4-23-21(11-19)24(35-16-34-23)38-14-25(15-38)5-7-37(8-6-25)13-17-1-3-22-18(9-17)10-20(12-33)36-22/h1-4,9-11,16,36H,5-8,13-15H2. The Balaban J connectivity index is 1.13. The monoisotopic (exact) mass is 526 g/mol. The maximum Gasteiger partial charge on any atom is 0.458 e. The zero-order chi connectivity index (χ0) is 26.7. The van der Waals surface area contributed by atoms with Gasteiger partial charge in [0.25, 0.3) is 0 Å². The van der Waals surface area contributed by atoms with Crippen LogP contribution in [0.5, 0.6) is 0 Å². The van der Waals surface area contributed by atoms with Crippen molar-refractivity contribution in [3.05, 3.63) is 65.6 Å². The number of anilines is 1. The third-order valence-corrected chi connectivity index (χ3v) is 7.81. The molecule has 2 aromatic carbocycles. The van der Waals surface area contributed by atoms with E-state index in [1.54, 1.807) is 0 Å². The van der Waals surface area contributed by atoms with Crippen LogP contribution in [0.25, 0.3) is 21.8 Å². The Morgan fingerprint density at radius 1 is 0.974 bits per heavy atom. The first-order valence-corrected chi connectivity index (χ1v) is 12.3. The number of nitrogens with zero attached hydrogens (tertiary/aromatic N) is 5. The van der Waals surface area contributed by atoms with Crippen LogP contribution >= 0.6 is 0 Å². The summed E-state index contributed by atoms with van der Waals surface area (Å²) in [6.07, 6.45) is -2.46. The normalized spacial score (nSPS) is 18.2. The van der Waals surface area contributed by atoms with Crippen LogP contribution in [0.15, 0.2) is 48.8 Å². The summed E-state index contributed by atoms with van der Waals surface area (Å²) in [5.74, 6) is -4.57. The number of hydrogen-bond donors (Lipinski definition) is 1. The summed E-state index contributed by atoms with van der Waals surface area (Å²) in [6, 6.07) is 12.9. The van der Waals surface area contributed by atoms with E-state index in [0.717, 1.165) is 55.5 Å². The number of halogens is 5. The minimum atomic E-state index is -5.68. The smallest absolute Gasteiger partial charge is 0.355 e. The average molecular weight is 527 g/mol. The van der Waals surface area contributed by atoms with E-state index >= 15 is 0 Å². The van der Waals surface area contributed by atoms with Crippen molar-refractivity contribution < 1.29 is 22.0 Å². The highest BCUT2D eigenvalue weighted by molar-refractivity contribution is 5.90. The first-order chi connectivity index (χ1) is 18.1. The molecule has 2 aliphatic heterocycles. The van der Waals surface area contributed by atoms with Crippen molar-refractivity contribution in [2.75, 3.05) is 31.1 Å². The summed E-state index contributed by atoms with van der Waals surface area (Å²) in [5.41, 5.74) is 1.92. The Kier molecular flexibility index (Phi) is 5.57. The average Bonchev–Trinajstić information content (AvgIpc) is 3.29. The zero-order valence-electron chi connectivity index (χ0n) is 20.2. The molecule has 11 heteroatoms. The van der Waals surface area contributed by atoms with E-state index in [9.17, 15) is 22.0 Å². The van der Waals surface area contributed by atoms with Gasteiger partial charge in [-0.1, -0.05) is 12.1 Å². The molecule has 4 aromatic rings. The lowest BCUT2D eigenvalue weighted by Crippen LogP contribution is -2.60. The lowest BCUT2D eigenvalue weighted by atomic mass is 9.72. The molecule has 1 spiro atoms. The number of piperidine rings is 1. The second kappa shape index (κ2) is 8.63. The number of H-pyrrole nitrogens is 1. The molecule has 0 unspecified atom stereocenters. The highest BCUT2D eigenvalue weighted by atomic mass is 19.4. The van der Waals surface area contributed by atoms with Gasteiger partial charge >= 0.3 is 12.1 Å². The minimum Gasteiger partial charge on any atom is -0.355 e. The summed E-state index contributed by atoms with van der Waals surface area (Å²) >= 11 is 0. The number of nitrogens with one attached hydrogen (secondary N) is 1. The summed E-state index contributed by atoms with van der Waals surface area (Å²) < 4.78 is 66.8. The van der Waals surface area contributed by atoms with Crippen LogP contribution in [0.4, 0.5) is 27.8 Å². The van der Waals surface area contributed by atoms with Crippen molar-refractivity contribution in [2.24, 2.45) is 5.41 Å². The Hall–Kier alpha value is -3.78. The fourth-order valence-electron chi connectivity index (χ4n) is 5.67. The van der Waals surface area contributed by atoms with Crippen molar-refractivity contribution in [3.63, 3.8) is 0 Å². The number of fused-ring (bicyclic) bond motifs is 2. The molecule has 0 atom stereocenters. The largest absolute Gasteiger partial charge is 0.458 e. The van der Waals surface area contributed by atoms with E-state index < -0.39 is 17.7 Å². The fourth-order valence-corrected chi connectivity index (χ4v) is 5.67. The molecule has 2 fully saturated rings. The van der Waals surface area contributed by atoms with Gasteiger partial charge in [0, 0.05) is 46.9 Å². The van der Waals surface area contributed by atoms with Gasteiger partial charge in [-0.2, -0.15) is 27.2 Å². The van der Waals surface area contributed by atoms with Gasteiger partial charge in [-0.3, -0.25) is 4.90 Å². The number of aromatic amines is 1. The van der Waals surface area contributed by atoms with Gasteiger partial charge in [0.05, 0.1) is 5.52 Å². The SMILES string of the molecule is N#Cc1cc2cc(CN3CCC4(CC3)CN(c3ncnc5ccc(C(F)(F)C(F)(F)F)cc35)C4)ccc2[nH]1. The van der Waals surface area contributed by atoms with E-state index in [2.05, 4.69) is 38.1 Å². The van der Waals surface area contributed by atoms with Crippen molar-refractivity contribution in [3.8, 4) is 6.07 Å². The lowest BCUT2D eigenvalue weighted by molar-refractivity contribution is -0.289. The van der Waals surface area contributed by atoms with Crippen LogP contribution in [0.2, 0.25) is 0 Å². The second-order valence-electron chi connectivity index (χ2n) is 10.3. The van der Waals surface area contributed by atoms with Crippen LogP contribution in [0.3, 0.4) is 0 Å². The van der Waals surface area contributed by atoms with E-state index in [1.165, 1.54) is 18.0 Å². The minimum absolute atomic E-state index is 0.0631. The number of hydrogen-bond acceptors (Lipinski definition) is 5. The molecule has 0 bridgehead atoms. The molecule has 38 heavy (non-hydrogen) atoms. The van der Waals surface area contributed by atoms with Gasteiger partial charge in [0.1, 0.15) is 23.9 Å². The summed E-state index contributed by atoms with van der Waals surface area (Å²) in [5, 5.41) is 10.3. The highest BCUT2D eigenvalue weighted by Gasteiger charge is 2.58. The van der Waals surface area contributed by atoms with Gasteiger partial charge < -0.3 is 9.88 Å². The Labute approximate surface area is 214 Å². The first-order valence-electron chi connectivity index (χ1n) is 12.3. The third-order valence-electron chi connectivity index (χ3n) is 7.81. The van der Waals surface area contributed by atoms with E-state index in [4.69, 9.17) is 5.26 Å². The van der Waals surface area contributed by atoms with Crippen LogP contribution in [-0.2, 0) is 12.5 Å². The van der Waals surface area contributed by atoms with Gasteiger partial charge in [-0.15, -0.1) is 0 Å². The van der Waals surface area contributed by atoms with Crippen LogP contribution in [-0.4, -0.2) is 52.2 Å². The van der Waals surface area contributed by atoms with E-state index in [0.29, 0.717) is 30.1 Å². The number of aromatic nitrogens is 3. The van der Waals surface area contributed by atoms with Crippen LogP contribution < -0.4 is 4.90 Å². The fraction of sp³-hybridized carbons (Fsp3) is 0.370. The quantitative estimate of drug-likeness (QED) is 0.344. The molecule has 6 rings (SSSR count). The van der Waals surface area contributed by atoms with Crippen LogP contribution in [0.1, 0.15) is 29.7 Å². The molecule has 4 heterocycles. The molecule has 0 aliphatic carbocycles.